The van der Waals surface area contributed by atoms with Gasteiger partial charge in [0, 0.05) is 24.6 Å². The first kappa shape index (κ1) is 19.4. The van der Waals surface area contributed by atoms with Crippen LogP contribution >= 0.6 is 0 Å². The summed E-state index contributed by atoms with van der Waals surface area (Å²) in [7, 11) is 0. The molecule has 2 aromatic rings. The largest absolute Gasteiger partial charge is 0.324 e. The van der Waals surface area contributed by atoms with E-state index in [1.54, 1.807) is 4.90 Å². The molecule has 1 saturated heterocycles. The van der Waals surface area contributed by atoms with Gasteiger partial charge >= 0.3 is 6.03 Å². The van der Waals surface area contributed by atoms with Crippen molar-refractivity contribution in [3.63, 3.8) is 0 Å². The van der Waals surface area contributed by atoms with Crippen molar-refractivity contribution in [3.05, 3.63) is 59.2 Å². The third kappa shape index (κ3) is 4.09. The second kappa shape index (κ2) is 7.81. The SMILES string of the molecule is Cc1ccc(N2CCCN(Cc3c(F)cccc3F)C2=O)c(NC(=O)C2CC2)c1. The fourth-order valence-electron chi connectivity index (χ4n) is 3.59. The van der Waals surface area contributed by atoms with Crippen LogP contribution in [0.1, 0.15) is 30.4 Å². The molecule has 1 aliphatic heterocycles. The normalized spacial score (nSPS) is 16.9. The molecule has 5 nitrogen and oxygen atoms in total. The van der Waals surface area contributed by atoms with Crippen molar-refractivity contribution in [1.82, 2.24) is 4.90 Å². The second-order valence-corrected chi connectivity index (χ2v) is 7.69. The van der Waals surface area contributed by atoms with E-state index in [1.807, 2.05) is 25.1 Å². The first-order valence-corrected chi connectivity index (χ1v) is 9.85. The number of hydrogen-bond donors (Lipinski definition) is 1. The van der Waals surface area contributed by atoms with Crippen LogP contribution in [0.3, 0.4) is 0 Å². The van der Waals surface area contributed by atoms with Crippen LogP contribution in [0, 0.1) is 24.5 Å². The second-order valence-electron chi connectivity index (χ2n) is 7.69. The molecule has 2 fully saturated rings. The molecule has 0 atom stereocenters. The molecule has 1 N–H and O–H groups in total. The molecule has 0 spiro atoms. The summed E-state index contributed by atoms with van der Waals surface area (Å²) in [6.07, 6.45) is 2.43. The Morgan fingerprint density at radius 3 is 2.55 bits per heavy atom. The zero-order valence-electron chi connectivity index (χ0n) is 16.3. The van der Waals surface area contributed by atoms with E-state index in [4.69, 9.17) is 0 Å². The summed E-state index contributed by atoms with van der Waals surface area (Å²) < 4.78 is 28.1. The zero-order chi connectivity index (χ0) is 20.5. The highest BCUT2D eigenvalue weighted by Gasteiger charge is 2.32. The molecule has 1 aliphatic carbocycles. The Labute approximate surface area is 168 Å². The Morgan fingerprint density at radius 2 is 1.86 bits per heavy atom. The molecule has 1 saturated carbocycles. The highest BCUT2D eigenvalue weighted by Crippen LogP contribution is 2.34. The van der Waals surface area contributed by atoms with E-state index in [0.717, 1.165) is 18.4 Å². The summed E-state index contributed by atoms with van der Waals surface area (Å²) in [6, 6.07) is 8.89. The lowest BCUT2D eigenvalue weighted by Crippen LogP contribution is -2.49. The van der Waals surface area contributed by atoms with Crippen LogP contribution in [0.5, 0.6) is 0 Å². The average Bonchev–Trinajstić information content (AvgIpc) is 3.52. The van der Waals surface area contributed by atoms with Crippen LogP contribution < -0.4 is 10.2 Å². The van der Waals surface area contributed by atoms with Gasteiger partial charge in [0.05, 0.1) is 17.9 Å². The summed E-state index contributed by atoms with van der Waals surface area (Å²) in [5, 5.41) is 2.94. The fraction of sp³-hybridized carbons (Fsp3) is 0.364. The van der Waals surface area contributed by atoms with Crippen molar-refractivity contribution < 1.29 is 18.4 Å². The standard InChI is InChI=1S/C22H23F2N3O2/c1-14-6-9-20(19(12-14)25-21(28)15-7-8-15)27-11-3-10-26(22(27)29)13-16-17(23)4-2-5-18(16)24/h2,4-6,9,12,15H,3,7-8,10-11,13H2,1H3,(H,25,28). The predicted octanol–water partition coefficient (Wildman–Crippen LogP) is 4.45. The van der Waals surface area contributed by atoms with Crippen molar-refractivity contribution in [3.8, 4) is 0 Å². The van der Waals surface area contributed by atoms with Crippen molar-refractivity contribution in [2.24, 2.45) is 5.92 Å². The molecule has 29 heavy (non-hydrogen) atoms. The van der Waals surface area contributed by atoms with Gasteiger partial charge in [-0.1, -0.05) is 12.1 Å². The molecule has 0 unspecified atom stereocenters. The Hall–Kier alpha value is -2.96. The number of rotatable bonds is 5. The molecule has 3 amide bonds. The number of carbonyl (C=O) groups is 2. The summed E-state index contributed by atoms with van der Waals surface area (Å²) in [5.41, 5.74) is 2.05. The zero-order valence-corrected chi connectivity index (χ0v) is 16.3. The van der Waals surface area contributed by atoms with E-state index < -0.39 is 11.6 Å². The monoisotopic (exact) mass is 399 g/mol. The minimum absolute atomic E-state index is 0.0356. The number of anilines is 2. The number of benzene rings is 2. The number of halogens is 2. The van der Waals surface area contributed by atoms with Crippen LogP contribution in [-0.2, 0) is 11.3 Å². The molecule has 152 valence electrons. The average molecular weight is 399 g/mol. The lowest BCUT2D eigenvalue weighted by Gasteiger charge is -2.36. The number of hydrogen-bond acceptors (Lipinski definition) is 2. The first-order valence-electron chi connectivity index (χ1n) is 9.85. The van der Waals surface area contributed by atoms with E-state index in [1.165, 1.54) is 23.1 Å². The van der Waals surface area contributed by atoms with Gasteiger partial charge in [-0.2, -0.15) is 0 Å². The van der Waals surface area contributed by atoms with Gasteiger partial charge in [-0.25, -0.2) is 13.6 Å². The summed E-state index contributed by atoms with van der Waals surface area (Å²) in [6.45, 7) is 2.68. The number of carbonyl (C=O) groups excluding carboxylic acids is 2. The number of nitrogens with zero attached hydrogens (tertiary/aromatic N) is 2. The molecule has 1 heterocycles. The molecule has 0 aromatic heterocycles. The van der Waals surface area contributed by atoms with E-state index in [-0.39, 0.29) is 30.0 Å². The third-order valence-corrected chi connectivity index (χ3v) is 5.37. The topological polar surface area (TPSA) is 52.6 Å². The Morgan fingerprint density at radius 1 is 1.14 bits per heavy atom. The van der Waals surface area contributed by atoms with E-state index >= 15 is 0 Å². The van der Waals surface area contributed by atoms with Crippen molar-refractivity contribution in [2.75, 3.05) is 23.3 Å². The summed E-state index contributed by atoms with van der Waals surface area (Å²) in [5.74, 6) is -1.32. The number of urea groups is 1. The molecule has 7 heteroatoms. The van der Waals surface area contributed by atoms with Gasteiger partial charge in [-0.05, 0) is 56.0 Å². The first-order chi connectivity index (χ1) is 13.9. The van der Waals surface area contributed by atoms with Crippen molar-refractivity contribution in [2.45, 2.75) is 32.7 Å². The van der Waals surface area contributed by atoms with Gasteiger partial charge in [0.1, 0.15) is 11.6 Å². The number of amides is 3. The highest BCUT2D eigenvalue weighted by atomic mass is 19.1. The minimum Gasteiger partial charge on any atom is -0.324 e. The molecule has 0 bridgehead atoms. The predicted molar refractivity (Wildman–Crippen MR) is 107 cm³/mol. The van der Waals surface area contributed by atoms with Gasteiger partial charge in [-0.15, -0.1) is 0 Å². The maximum absolute atomic E-state index is 14.0. The van der Waals surface area contributed by atoms with Gasteiger partial charge < -0.3 is 10.2 Å². The van der Waals surface area contributed by atoms with E-state index in [2.05, 4.69) is 5.32 Å². The molecule has 4 rings (SSSR count). The molecule has 2 aliphatic rings. The smallest absolute Gasteiger partial charge is 0.324 e. The van der Waals surface area contributed by atoms with Crippen LogP contribution in [0.15, 0.2) is 36.4 Å². The Bertz CT molecular complexity index is 939. The van der Waals surface area contributed by atoms with Gasteiger partial charge in [0.15, 0.2) is 0 Å². The molecule has 2 aromatic carbocycles. The number of aryl methyl sites for hydroxylation is 1. The van der Waals surface area contributed by atoms with Crippen molar-refractivity contribution >= 4 is 23.3 Å². The highest BCUT2D eigenvalue weighted by molar-refractivity contribution is 6.02. The summed E-state index contributed by atoms with van der Waals surface area (Å²) >= 11 is 0. The lowest BCUT2D eigenvalue weighted by molar-refractivity contribution is -0.117. The fourth-order valence-corrected chi connectivity index (χ4v) is 3.59. The molecular formula is C22H23F2N3O2. The molecular weight excluding hydrogens is 376 g/mol. The maximum Gasteiger partial charge on any atom is 0.324 e. The minimum atomic E-state index is -0.664. The van der Waals surface area contributed by atoms with Gasteiger partial charge in [0.25, 0.3) is 0 Å². The lowest BCUT2D eigenvalue weighted by atomic mass is 10.1. The van der Waals surface area contributed by atoms with Crippen LogP contribution in [0.25, 0.3) is 0 Å². The molecule has 0 radical (unpaired) electrons. The quantitative estimate of drug-likeness (QED) is 0.807. The van der Waals surface area contributed by atoms with E-state index in [9.17, 15) is 18.4 Å². The van der Waals surface area contributed by atoms with Crippen LogP contribution in [0.4, 0.5) is 25.0 Å². The Kier molecular flexibility index (Phi) is 5.22. The van der Waals surface area contributed by atoms with Crippen molar-refractivity contribution in [1.29, 1.82) is 0 Å². The number of nitrogens with one attached hydrogen (secondary N) is 1. The third-order valence-electron chi connectivity index (χ3n) is 5.37. The van der Waals surface area contributed by atoms with E-state index in [0.29, 0.717) is 30.9 Å². The van der Waals surface area contributed by atoms with Crippen LogP contribution in [-0.4, -0.2) is 29.9 Å². The van der Waals surface area contributed by atoms with Crippen LogP contribution in [0.2, 0.25) is 0 Å². The van der Waals surface area contributed by atoms with Gasteiger partial charge in [0.2, 0.25) is 5.91 Å². The summed E-state index contributed by atoms with van der Waals surface area (Å²) in [4.78, 5) is 28.4. The maximum atomic E-state index is 14.0. The Balaban J connectivity index is 1.58. The van der Waals surface area contributed by atoms with Gasteiger partial charge in [-0.3, -0.25) is 9.69 Å².